The maximum atomic E-state index is 5.66. The lowest BCUT2D eigenvalue weighted by Gasteiger charge is -2.04. The van der Waals surface area contributed by atoms with Gasteiger partial charge in [0.2, 0.25) is 0 Å². The molecule has 6 heteroatoms. The molecule has 0 atom stereocenters. The molecule has 0 amide bonds. The van der Waals surface area contributed by atoms with E-state index in [0.717, 1.165) is 18.7 Å². The molecule has 2 rings (SSSR count). The van der Waals surface area contributed by atoms with Crippen molar-refractivity contribution in [1.29, 1.82) is 0 Å². The summed E-state index contributed by atoms with van der Waals surface area (Å²) in [6, 6.07) is 10.2. The van der Waals surface area contributed by atoms with Crippen LogP contribution in [0.2, 0.25) is 0 Å². The summed E-state index contributed by atoms with van der Waals surface area (Å²) in [5.41, 5.74) is 7.96. The first-order valence-corrected chi connectivity index (χ1v) is 6.42. The van der Waals surface area contributed by atoms with Gasteiger partial charge >= 0.3 is 0 Å². The molecule has 0 aliphatic rings. The van der Waals surface area contributed by atoms with Crippen LogP contribution in [0.5, 0.6) is 0 Å². The van der Waals surface area contributed by atoms with E-state index in [-0.39, 0.29) is 24.0 Å². The lowest BCUT2D eigenvalue weighted by molar-refractivity contribution is 0.876. The van der Waals surface area contributed by atoms with Gasteiger partial charge in [0.15, 0.2) is 5.96 Å². The molecule has 1 heterocycles. The maximum absolute atomic E-state index is 5.66. The van der Waals surface area contributed by atoms with Crippen molar-refractivity contribution >= 4 is 29.9 Å². The van der Waals surface area contributed by atoms with Gasteiger partial charge in [-0.2, -0.15) is 5.10 Å². The van der Waals surface area contributed by atoms with Crippen molar-refractivity contribution in [2.45, 2.75) is 13.3 Å². The summed E-state index contributed by atoms with van der Waals surface area (Å²) in [5.74, 6) is 0.510. The van der Waals surface area contributed by atoms with Crippen LogP contribution in [0.25, 0.3) is 5.69 Å². The molecule has 0 saturated heterocycles. The molecule has 0 radical (unpaired) electrons. The Kier molecular flexibility index (Phi) is 7.06. The number of hydrogen-bond donors (Lipinski definition) is 2. The van der Waals surface area contributed by atoms with Gasteiger partial charge in [0.1, 0.15) is 0 Å². The summed E-state index contributed by atoms with van der Waals surface area (Å²) in [6.07, 6.45) is 4.58. The lowest BCUT2D eigenvalue weighted by atomic mass is 10.1. The van der Waals surface area contributed by atoms with E-state index < -0.39 is 0 Å². The zero-order valence-corrected chi connectivity index (χ0v) is 13.8. The van der Waals surface area contributed by atoms with Crippen molar-refractivity contribution in [2.75, 3.05) is 13.1 Å². The zero-order chi connectivity index (χ0) is 13.5. The van der Waals surface area contributed by atoms with E-state index in [1.807, 2.05) is 23.9 Å². The first-order valence-electron chi connectivity index (χ1n) is 6.42. The Bertz CT molecular complexity index is 519. The summed E-state index contributed by atoms with van der Waals surface area (Å²) in [5, 5.41) is 7.17. The molecule has 2 aromatic rings. The second-order valence-corrected chi connectivity index (χ2v) is 4.16. The highest BCUT2D eigenvalue weighted by atomic mass is 127. The van der Waals surface area contributed by atoms with Gasteiger partial charge in [0.05, 0.1) is 5.69 Å². The zero-order valence-electron chi connectivity index (χ0n) is 11.5. The molecule has 0 bridgehead atoms. The minimum Gasteiger partial charge on any atom is -0.370 e. The quantitative estimate of drug-likeness (QED) is 0.470. The van der Waals surface area contributed by atoms with Crippen LogP contribution in [0.3, 0.4) is 0 Å². The summed E-state index contributed by atoms with van der Waals surface area (Å²) < 4.78 is 1.84. The fraction of sp³-hybridized carbons (Fsp3) is 0.286. The predicted molar refractivity (Wildman–Crippen MR) is 92.8 cm³/mol. The third-order valence-corrected chi connectivity index (χ3v) is 2.75. The Balaban J connectivity index is 0.00000200. The number of rotatable bonds is 5. The van der Waals surface area contributed by atoms with Gasteiger partial charge in [0, 0.05) is 25.5 Å². The highest BCUT2D eigenvalue weighted by Gasteiger charge is 1.97. The average Bonchev–Trinajstić information content (AvgIpc) is 2.94. The Labute approximate surface area is 136 Å². The van der Waals surface area contributed by atoms with Gasteiger partial charge in [-0.05, 0) is 37.1 Å². The van der Waals surface area contributed by atoms with Crippen molar-refractivity contribution in [1.82, 2.24) is 15.1 Å². The van der Waals surface area contributed by atoms with Crippen LogP contribution < -0.4 is 11.1 Å². The van der Waals surface area contributed by atoms with E-state index in [1.165, 1.54) is 5.56 Å². The monoisotopic (exact) mass is 385 g/mol. The molecule has 0 aliphatic carbocycles. The first-order chi connectivity index (χ1) is 9.29. The predicted octanol–water partition coefficient (Wildman–Crippen LogP) is 1.96. The van der Waals surface area contributed by atoms with Crippen LogP contribution in [0, 0.1) is 0 Å². The number of hydrogen-bond acceptors (Lipinski definition) is 2. The van der Waals surface area contributed by atoms with Crippen molar-refractivity contribution < 1.29 is 0 Å². The minimum absolute atomic E-state index is 0. The molecule has 0 spiro atoms. The largest absolute Gasteiger partial charge is 0.370 e. The van der Waals surface area contributed by atoms with Crippen LogP contribution in [-0.4, -0.2) is 28.8 Å². The summed E-state index contributed by atoms with van der Waals surface area (Å²) in [7, 11) is 0. The molecule has 108 valence electrons. The van der Waals surface area contributed by atoms with Crippen LogP contribution in [0.15, 0.2) is 47.7 Å². The van der Waals surface area contributed by atoms with E-state index in [2.05, 4.69) is 39.7 Å². The Morgan fingerprint density at radius 2 is 2.10 bits per heavy atom. The first kappa shape index (κ1) is 16.5. The fourth-order valence-corrected chi connectivity index (χ4v) is 1.78. The number of guanidine groups is 1. The number of nitrogens with zero attached hydrogens (tertiary/aromatic N) is 3. The summed E-state index contributed by atoms with van der Waals surface area (Å²) >= 11 is 0. The maximum Gasteiger partial charge on any atom is 0.188 e. The molecule has 5 nitrogen and oxygen atoms in total. The van der Waals surface area contributed by atoms with Gasteiger partial charge in [-0.25, -0.2) is 4.68 Å². The Hall–Kier alpha value is -1.57. The number of aromatic nitrogens is 2. The molecule has 0 saturated carbocycles. The van der Waals surface area contributed by atoms with E-state index in [4.69, 9.17) is 5.73 Å². The molecular weight excluding hydrogens is 365 g/mol. The van der Waals surface area contributed by atoms with E-state index in [9.17, 15) is 0 Å². The number of halogens is 1. The summed E-state index contributed by atoms with van der Waals surface area (Å²) in [6.45, 7) is 3.49. The highest BCUT2D eigenvalue weighted by molar-refractivity contribution is 14.0. The van der Waals surface area contributed by atoms with Crippen molar-refractivity contribution in [3.63, 3.8) is 0 Å². The van der Waals surface area contributed by atoms with Gasteiger partial charge < -0.3 is 11.1 Å². The van der Waals surface area contributed by atoms with Gasteiger partial charge in [0.25, 0.3) is 0 Å². The van der Waals surface area contributed by atoms with Crippen LogP contribution >= 0.6 is 24.0 Å². The van der Waals surface area contributed by atoms with Crippen LogP contribution in [-0.2, 0) is 6.42 Å². The van der Waals surface area contributed by atoms with Crippen LogP contribution in [0.4, 0.5) is 0 Å². The molecule has 1 aromatic heterocycles. The van der Waals surface area contributed by atoms with Gasteiger partial charge in [-0.3, -0.25) is 4.99 Å². The molecule has 3 N–H and O–H groups in total. The Morgan fingerprint density at radius 1 is 1.35 bits per heavy atom. The second kappa shape index (κ2) is 8.57. The van der Waals surface area contributed by atoms with Gasteiger partial charge in [-0.1, -0.05) is 12.1 Å². The fourth-order valence-electron chi connectivity index (χ4n) is 1.78. The third kappa shape index (κ3) is 4.84. The number of aliphatic imine (C=N–C) groups is 1. The standard InChI is InChI=1S/C14H19N5.HI/c1-2-16-14(15)17-10-8-12-4-6-13(7-5-12)19-11-3-9-18-19;/h3-7,9,11H,2,8,10H2,1H3,(H3,15,16,17);1H. The molecule has 0 fully saturated rings. The van der Waals surface area contributed by atoms with Crippen molar-refractivity contribution in [3.05, 3.63) is 48.3 Å². The topological polar surface area (TPSA) is 68.2 Å². The number of nitrogens with one attached hydrogen (secondary N) is 1. The normalized spacial score (nSPS) is 10.9. The highest BCUT2D eigenvalue weighted by Crippen LogP contribution is 2.09. The van der Waals surface area contributed by atoms with E-state index in [1.54, 1.807) is 6.20 Å². The smallest absolute Gasteiger partial charge is 0.188 e. The second-order valence-electron chi connectivity index (χ2n) is 4.16. The molecule has 0 unspecified atom stereocenters. The molecule has 0 aliphatic heterocycles. The SMILES string of the molecule is CCNC(N)=NCCc1ccc(-n2cccn2)cc1.I. The van der Waals surface area contributed by atoms with Crippen molar-refractivity contribution in [3.8, 4) is 5.69 Å². The van der Waals surface area contributed by atoms with E-state index in [0.29, 0.717) is 12.5 Å². The number of benzene rings is 1. The molecule has 1 aromatic carbocycles. The van der Waals surface area contributed by atoms with Gasteiger partial charge in [-0.15, -0.1) is 24.0 Å². The van der Waals surface area contributed by atoms with E-state index >= 15 is 0 Å². The van der Waals surface area contributed by atoms with Crippen molar-refractivity contribution in [2.24, 2.45) is 10.7 Å². The van der Waals surface area contributed by atoms with Crippen LogP contribution in [0.1, 0.15) is 12.5 Å². The Morgan fingerprint density at radius 3 is 2.70 bits per heavy atom. The minimum atomic E-state index is 0. The lowest BCUT2D eigenvalue weighted by Crippen LogP contribution is -2.31. The summed E-state index contributed by atoms with van der Waals surface area (Å²) in [4.78, 5) is 4.25. The molecule has 20 heavy (non-hydrogen) atoms. The number of nitrogens with two attached hydrogens (primary N) is 1. The average molecular weight is 385 g/mol. The molecular formula is C14H20IN5. The third-order valence-electron chi connectivity index (χ3n) is 2.75.